The number of furan rings is 1. The van der Waals surface area contributed by atoms with Crippen molar-refractivity contribution in [3.8, 4) is 0 Å². The van der Waals surface area contributed by atoms with E-state index in [0.29, 0.717) is 39.3 Å². The molecule has 2 fully saturated rings. The maximum atomic E-state index is 13.8. The molecule has 2 saturated heterocycles. The van der Waals surface area contributed by atoms with Crippen LogP contribution in [0, 0.1) is 0 Å². The molecule has 7 nitrogen and oxygen atoms in total. The second-order valence-electron chi connectivity index (χ2n) is 7.91. The Bertz CT molecular complexity index is 980. The average molecular weight is 404 g/mol. The highest BCUT2D eigenvalue weighted by Gasteiger charge is 2.57. The molecule has 0 saturated carbocycles. The summed E-state index contributed by atoms with van der Waals surface area (Å²) in [5.74, 6) is 0.837. The molecule has 30 heavy (non-hydrogen) atoms. The lowest BCUT2D eigenvalue weighted by Gasteiger charge is -2.42. The third kappa shape index (κ3) is 3.51. The topological polar surface area (TPSA) is 71.7 Å². The summed E-state index contributed by atoms with van der Waals surface area (Å²) >= 11 is 0. The molecule has 2 aliphatic heterocycles. The number of ether oxygens (including phenoxy) is 1. The molecule has 3 aromatic rings. The summed E-state index contributed by atoms with van der Waals surface area (Å²) in [5, 5.41) is 0. The van der Waals surface area contributed by atoms with Gasteiger partial charge in [-0.25, -0.2) is 0 Å². The Balaban J connectivity index is 1.45. The zero-order valence-corrected chi connectivity index (χ0v) is 16.7. The largest absolute Gasteiger partial charge is 0.468 e. The van der Waals surface area contributed by atoms with Gasteiger partial charge in [-0.3, -0.25) is 19.7 Å². The highest BCUT2D eigenvalue weighted by Crippen LogP contribution is 2.42. The van der Waals surface area contributed by atoms with Crippen LogP contribution in [0.3, 0.4) is 0 Å². The fraction of sp³-hybridized carbons (Fsp3) is 0.348. The number of pyridine rings is 2. The third-order valence-corrected chi connectivity index (χ3v) is 6.00. The molecule has 5 rings (SSSR count). The average Bonchev–Trinajstić information content (AvgIpc) is 3.42. The quantitative estimate of drug-likeness (QED) is 0.651. The van der Waals surface area contributed by atoms with Crippen LogP contribution in [0.2, 0.25) is 0 Å². The second-order valence-corrected chi connectivity index (χ2v) is 7.91. The summed E-state index contributed by atoms with van der Waals surface area (Å²) in [6.45, 7) is 3.54. The monoisotopic (exact) mass is 404 g/mol. The first-order chi connectivity index (χ1) is 14.7. The van der Waals surface area contributed by atoms with E-state index in [0.717, 1.165) is 16.9 Å². The van der Waals surface area contributed by atoms with Crippen molar-refractivity contribution in [1.29, 1.82) is 0 Å². The van der Waals surface area contributed by atoms with E-state index < -0.39 is 5.60 Å². The number of aromatic nitrogens is 2. The lowest BCUT2D eigenvalue weighted by Crippen LogP contribution is -2.59. The maximum Gasteiger partial charge on any atom is 0.257 e. The Morgan fingerprint density at radius 3 is 2.73 bits per heavy atom. The molecular weight excluding hydrogens is 380 g/mol. The van der Waals surface area contributed by atoms with Gasteiger partial charge in [0.15, 0.2) is 5.60 Å². The van der Waals surface area contributed by atoms with Gasteiger partial charge in [-0.2, -0.15) is 0 Å². The highest BCUT2D eigenvalue weighted by atomic mass is 16.5. The van der Waals surface area contributed by atoms with E-state index in [-0.39, 0.29) is 11.8 Å². The number of carbonyl (C=O) groups excluding carboxylic acids is 1. The molecule has 154 valence electrons. The first kappa shape index (κ1) is 19.0. The fourth-order valence-electron chi connectivity index (χ4n) is 4.60. The zero-order chi connectivity index (χ0) is 20.4. The number of amides is 1. The first-order valence-electron chi connectivity index (χ1n) is 10.2. The zero-order valence-electron chi connectivity index (χ0n) is 16.7. The van der Waals surface area contributed by atoms with E-state index in [1.807, 2.05) is 47.5 Å². The fourth-order valence-corrected chi connectivity index (χ4v) is 4.60. The molecule has 7 heteroatoms. The normalized spacial score (nSPS) is 24.6. The van der Waals surface area contributed by atoms with Gasteiger partial charge in [-0.1, -0.05) is 6.07 Å². The van der Waals surface area contributed by atoms with E-state index in [1.54, 1.807) is 24.9 Å². The minimum atomic E-state index is -0.916. The van der Waals surface area contributed by atoms with Gasteiger partial charge < -0.3 is 14.1 Å². The second kappa shape index (κ2) is 8.01. The molecule has 0 radical (unpaired) electrons. The van der Waals surface area contributed by atoms with Gasteiger partial charge in [0.25, 0.3) is 5.91 Å². The van der Waals surface area contributed by atoms with E-state index in [9.17, 15) is 4.79 Å². The molecule has 2 aliphatic rings. The number of nitrogens with zero attached hydrogens (tertiary/aromatic N) is 4. The van der Waals surface area contributed by atoms with Gasteiger partial charge in [-0.15, -0.1) is 0 Å². The van der Waals surface area contributed by atoms with Crippen molar-refractivity contribution in [2.75, 3.05) is 26.2 Å². The van der Waals surface area contributed by atoms with Gasteiger partial charge in [0.05, 0.1) is 19.4 Å². The van der Waals surface area contributed by atoms with Crippen LogP contribution in [-0.2, 0) is 22.6 Å². The summed E-state index contributed by atoms with van der Waals surface area (Å²) in [5.41, 5.74) is 1.18. The molecule has 0 N–H and O–H groups in total. The van der Waals surface area contributed by atoms with Gasteiger partial charge >= 0.3 is 0 Å². The summed E-state index contributed by atoms with van der Waals surface area (Å²) in [6.07, 6.45) is 8.80. The summed E-state index contributed by atoms with van der Waals surface area (Å²) in [6, 6.07) is 11.7. The predicted molar refractivity (Wildman–Crippen MR) is 109 cm³/mol. The number of hydrogen-bond donors (Lipinski definition) is 0. The predicted octanol–water partition coefficient (Wildman–Crippen LogP) is 2.47. The van der Waals surface area contributed by atoms with E-state index in [1.165, 1.54) is 0 Å². The SMILES string of the molecule is O=C1N(Cc2ccncc2)CCO[C@]12CN(Cc1ccco1)C[C@@H]2c1cccnc1. The number of carbonyl (C=O) groups is 1. The minimum Gasteiger partial charge on any atom is -0.468 e. The number of rotatable bonds is 5. The number of morpholine rings is 1. The van der Waals surface area contributed by atoms with Crippen LogP contribution in [0.25, 0.3) is 0 Å². The first-order valence-corrected chi connectivity index (χ1v) is 10.2. The smallest absolute Gasteiger partial charge is 0.257 e. The van der Waals surface area contributed by atoms with Crippen LogP contribution in [0.4, 0.5) is 0 Å². The summed E-state index contributed by atoms with van der Waals surface area (Å²) < 4.78 is 11.9. The minimum absolute atomic E-state index is 0.0429. The third-order valence-electron chi connectivity index (χ3n) is 6.00. The lowest BCUT2D eigenvalue weighted by atomic mass is 9.83. The molecule has 0 aliphatic carbocycles. The van der Waals surface area contributed by atoms with Crippen molar-refractivity contribution in [3.05, 3.63) is 84.3 Å². The molecule has 0 bridgehead atoms. The van der Waals surface area contributed by atoms with Gasteiger partial charge in [0.1, 0.15) is 5.76 Å². The molecule has 1 spiro atoms. The Kier molecular flexibility index (Phi) is 5.06. The maximum absolute atomic E-state index is 13.8. The van der Waals surface area contributed by atoms with Gasteiger partial charge in [0.2, 0.25) is 0 Å². The van der Waals surface area contributed by atoms with Crippen LogP contribution in [-0.4, -0.2) is 57.5 Å². The van der Waals surface area contributed by atoms with Gasteiger partial charge in [0, 0.05) is 56.9 Å². The van der Waals surface area contributed by atoms with Crippen LogP contribution >= 0.6 is 0 Å². The molecule has 1 amide bonds. The number of likely N-dealkylation sites (tertiary alicyclic amines) is 1. The number of hydrogen-bond acceptors (Lipinski definition) is 6. The van der Waals surface area contributed by atoms with Crippen molar-refractivity contribution in [1.82, 2.24) is 19.8 Å². The summed E-state index contributed by atoms with van der Waals surface area (Å²) in [7, 11) is 0. The molecule has 2 atom stereocenters. The van der Waals surface area contributed by atoms with Crippen LogP contribution in [0.15, 0.2) is 71.9 Å². The van der Waals surface area contributed by atoms with E-state index >= 15 is 0 Å². The van der Waals surface area contributed by atoms with E-state index in [2.05, 4.69) is 14.9 Å². The molecule has 5 heterocycles. The Hall–Kier alpha value is -3.03. The molecule has 0 unspecified atom stereocenters. The van der Waals surface area contributed by atoms with Crippen molar-refractivity contribution < 1.29 is 13.9 Å². The van der Waals surface area contributed by atoms with Crippen molar-refractivity contribution in [3.63, 3.8) is 0 Å². The Morgan fingerprint density at radius 1 is 1.07 bits per heavy atom. The van der Waals surface area contributed by atoms with Crippen molar-refractivity contribution in [2.24, 2.45) is 0 Å². The summed E-state index contributed by atoms with van der Waals surface area (Å²) in [4.78, 5) is 26.3. The van der Waals surface area contributed by atoms with Gasteiger partial charge in [-0.05, 0) is 41.5 Å². The Labute approximate surface area is 175 Å². The van der Waals surface area contributed by atoms with Crippen molar-refractivity contribution >= 4 is 5.91 Å². The van der Waals surface area contributed by atoms with Crippen LogP contribution < -0.4 is 0 Å². The molecule has 0 aromatic carbocycles. The van der Waals surface area contributed by atoms with Crippen LogP contribution in [0.1, 0.15) is 22.8 Å². The van der Waals surface area contributed by atoms with E-state index in [4.69, 9.17) is 9.15 Å². The highest BCUT2D eigenvalue weighted by molar-refractivity contribution is 5.88. The van der Waals surface area contributed by atoms with Crippen molar-refractivity contribution in [2.45, 2.75) is 24.6 Å². The lowest BCUT2D eigenvalue weighted by molar-refractivity contribution is -0.173. The molecule has 3 aromatic heterocycles. The standard InChI is InChI=1S/C23H24N4O3/c28-22-23(30-12-10-27(22)14-18-5-8-24-9-6-18)17-26(15-20-4-2-11-29-20)16-21(23)19-3-1-7-25-13-19/h1-9,11,13,21H,10,12,14-17H2/t21-,23+/m1/s1. The Morgan fingerprint density at radius 2 is 1.97 bits per heavy atom. The van der Waals surface area contributed by atoms with Crippen LogP contribution in [0.5, 0.6) is 0 Å². The molecular formula is C23H24N4O3.